The molecule has 0 unspecified atom stereocenters. The Labute approximate surface area is 184 Å². The Kier molecular flexibility index (Phi) is 6.19. The maximum atomic E-state index is 12.7. The van der Waals surface area contributed by atoms with Crippen LogP contribution in [0.1, 0.15) is 37.4 Å². The van der Waals surface area contributed by atoms with Gasteiger partial charge in [-0.1, -0.05) is 60.7 Å². The van der Waals surface area contributed by atoms with E-state index in [1.165, 1.54) is 12.1 Å². The molecule has 0 saturated heterocycles. The number of fused-ring (bicyclic) bond motifs is 1. The summed E-state index contributed by atoms with van der Waals surface area (Å²) < 4.78 is 17.1. The molecule has 2 N–H and O–H groups in total. The van der Waals surface area contributed by atoms with E-state index in [9.17, 15) is 19.8 Å². The average molecular weight is 432 g/mol. The second-order valence-corrected chi connectivity index (χ2v) is 7.00. The molecule has 0 bridgehead atoms. The zero-order valence-corrected chi connectivity index (χ0v) is 17.0. The van der Waals surface area contributed by atoms with E-state index in [1.54, 1.807) is 0 Å². The Hall–Kier alpha value is -4.10. The number of hydrogen-bond donors (Lipinski definition) is 2. The molecular weight excluding hydrogens is 412 g/mol. The number of rotatable bonds is 8. The second-order valence-electron chi connectivity index (χ2n) is 7.00. The molecule has 4 rings (SSSR count). The molecule has 0 amide bonds. The lowest BCUT2D eigenvalue weighted by atomic mass is 10.0. The molecule has 1 aliphatic rings. The number of carboxylic acids is 1. The summed E-state index contributed by atoms with van der Waals surface area (Å²) in [7, 11) is 0. The number of ether oxygens (including phenoxy) is 3. The first-order valence-electron chi connectivity index (χ1n) is 9.89. The number of cyclic esters (lactones) is 1. The Morgan fingerprint density at radius 1 is 0.906 bits per heavy atom. The van der Waals surface area contributed by atoms with Gasteiger partial charge in [-0.2, -0.15) is 0 Å². The van der Waals surface area contributed by atoms with Gasteiger partial charge < -0.3 is 24.4 Å². The van der Waals surface area contributed by atoms with E-state index in [0.717, 1.165) is 11.1 Å². The molecule has 0 saturated carbocycles. The van der Waals surface area contributed by atoms with Gasteiger partial charge in [-0.05, 0) is 23.3 Å². The molecule has 0 fully saturated rings. The monoisotopic (exact) mass is 432 g/mol. The standard InChI is InChI=1S/C25H20O7/c26-12-11-20-18-13-19(24(27)28)22(30-14-16-7-3-1-4-8-16)23(21(18)25(29)32-20)31-15-17-9-5-2-6-10-17/h1-11,13,26H,12,14-15H2,(H,27,28)/b20-11-. The summed E-state index contributed by atoms with van der Waals surface area (Å²) in [5.74, 6) is -1.94. The van der Waals surface area contributed by atoms with E-state index < -0.39 is 11.9 Å². The van der Waals surface area contributed by atoms with Crippen LogP contribution in [0.15, 0.2) is 72.8 Å². The van der Waals surface area contributed by atoms with Crippen molar-refractivity contribution < 1.29 is 34.0 Å². The topological polar surface area (TPSA) is 102 Å². The minimum atomic E-state index is -1.25. The average Bonchev–Trinajstić information content (AvgIpc) is 3.12. The summed E-state index contributed by atoms with van der Waals surface area (Å²) in [6, 6.07) is 19.8. The van der Waals surface area contributed by atoms with E-state index in [4.69, 9.17) is 14.2 Å². The highest BCUT2D eigenvalue weighted by Gasteiger charge is 2.36. The molecule has 32 heavy (non-hydrogen) atoms. The molecule has 3 aromatic rings. The predicted octanol–water partition coefficient (Wildman–Crippen LogP) is 4.05. The van der Waals surface area contributed by atoms with Crippen molar-refractivity contribution in [1.82, 2.24) is 0 Å². The zero-order chi connectivity index (χ0) is 22.5. The van der Waals surface area contributed by atoms with Crippen LogP contribution in [0, 0.1) is 0 Å². The number of benzene rings is 3. The van der Waals surface area contributed by atoms with Crippen LogP contribution < -0.4 is 9.47 Å². The maximum absolute atomic E-state index is 12.7. The molecule has 0 atom stereocenters. The fourth-order valence-electron chi connectivity index (χ4n) is 3.38. The quantitative estimate of drug-likeness (QED) is 0.518. The maximum Gasteiger partial charge on any atom is 0.348 e. The lowest BCUT2D eigenvalue weighted by Gasteiger charge is -2.17. The molecule has 7 heteroatoms. The smallest absolute Gasteiger partial charge is 0.348 e. The van der Waals surface area contributed by atoms with Crippen LogP contribution >= 0.6 is 0 Å². The van der Waals surface area contributed by atoms with Gasteiger partial charge in [-0.3, -0.25) is 0 Å². The summed E-state index contributed by atoms with van der Waals surface area (Å²) in [4.78, 5) is 24.7. The van der Waals surface area contributed by atoms with E-state index in [0.29, 0.717) is 0 Å². The molecule has 1 heterocycles. The molecule has 0 spiro atoms. The molecule has 0 aliphatic carbocycles. The molecule has 0 aromatic heterocycles. The number of carboxylic acid groups (broad SMARTS) is 1. The molecule has 1 aliphatic heterocycles. The van der Waals surface area contributed by atoms with Crippen molar-refractivity contribution in [2.24, 2.45) is 0 Å². The van der Waals surface area contributed by atoms with Crippen LogP contribution in [0.5, 0.6) is 11.5 Å². The molecule has 162 valence electrons. The number of aliphatic hydroxyl groups is 1. The lowest BCUT2D eigenvalue weighted by Crippen LogP contribution is -2.10. The van der Waals surface area contributed by atoms with Gasteiger partial charge in [-0.25, -0.2) is 9.59 Å². The predicted molar refractivity (Wildman–Crippen MR) is 115 cm³/mol. The van der Waals surface area contributed by atoms with Crippen LogP contribution in [0.25, 0.3) is 5.76 Å². The van der Waals surface area contributed by atoms with Crippen molar-refractivity contribution >= 4 is 17.7 Å². The van der Waals surface area contributed by atoms with E-state index in [2.05, 4.69) is 0 Å². The summed E-state index contributed by atoms with van der Waals surface area (Å²) in [5.41, 5.74) is 1.77. The first kappa shape index (κ1) is 21.1. The summed E-state index contributed by atoms with van der Waals surface area (Å²) >= 11 is 0. The summed E-state index contributed by atoms with van der Waals surface area (Å²) in [5, 5.41) is 19.1. The highest BCUT2D eigenvalue weighted by atomic mass is 16.6. The van der Waals surface area contributed by atoms with Gasteiger partial charge in [0, 0.05) is 5.56 Å². The SMILES string of the molecule is O=C(O)c1cc2c(c(OCc3ccccc3)c1OCc1ccccc1)C(=O)O/C2=C\CO. The van der Waals surface area contributed by atoms with Crippen LogP contribution in [0.2, 0.25) is 0 Å². The zero-order valence-electron chi connectivity index (χ0n) is 17.0. The van der Waals surface area contributed by atoms with Crippen molar-refractivity contribution in [3.63, 3.8) is 0 Å². The van der Waals surface area contributed by atoms with E-state index >= 15 is 0 Å². The van der Waals surface area contributed by atoms with Crippen LogP contribution in [0.4, 0.5) is 0 Å². The van der Waals surface area contributed by atoms with Gasteiger partial charge in [0.1, 0.15) is 30.1 Å². The highest BCUT2D eigenvalue weighted by Crippen LogP contribution is 2.45. The fraction of sp³-hybridized carbons (Fsp3) is 0.120. The van der Waals surface area contributed by atoms with Gasteiger partial charge in [0.05, 0.1) is 6.61 Å². The van der Waals surface area contributed by atoms with E-state index in [1.807, 2.05) is 60.7 Å². The van der Waals surface area contributed by atoms with Gasteiger partial charge >= 0.3 is 11.9 Å². The molecular formula is C25H20O7. The van der Waals surface area contributed by atoms with Crippen LogP contribution in [-0.4, -0.2) is 28.8 Å². The van der Waals surface area contributed by atoms with Gasteiger partial charge in [0.2, 0.25) is 0 Å². The van der Waals surface area contributed by atoms with Crippen molar-refractivity contribution in [3.05, 3.63) is 101 Å². The fourth-order valence-corrected chi connectivity index (χ4v) is 3.38. The number of aliphatic hydroxyl groups excluding tert-OH is 1. The molecule has 0 radical (unpaired) electrons. The molecule has 3 aromatic carbocycles. The number of esters is 1. The lowest BCUT2D eigenvalue weighted by molar-refractivity contribution is 0.0681. The van der Waals surface area contributed by atoms with Gasteiger partial charge in [0.15, 0.2) is 11.5 Å². The van der Waals surface area contributed by atoms with Crippen molar-refractivity contribution in [1.29, 1.82) is 0 Å². The molecule has 7 nitrogen and oxygen atoms in total. The number of carbonyl (C=O) groups excluding carboxylic acids is 1. The minimum Gasteiger partial charge on any atom is -0.484 e. The Bertz CT molecular complexity index is 1170. The third-order valence-corrected chi connectivity index (χ3v) is 4.87. The minimum absolute atomic E-state index is 0.00831. The first-order chi connectivity index (χ1) is 15.6. The third kappa shape index (κ3) is 4.33. The Morgan fingerprint density at radius 3 is 2.00 bits per heavy atom. The van der Waals surface area contributed by atoms with Gasteiger partial charge in [0.25, 0.3) is 0 Å². The third-order valence-electron chi connectivity index (χ3n) is 4.87. The van der Waals surface area contributed by atoms with Crippen molar-refractivity contribution in [3.8, 4) is 11.5 Å². The Morgan fingerprint density at radius 2 is 1.47 bits per heavy atom. The number of hydrogen-bond acceptors (Lipinski definition) is 6. The van der Waals surface area contributed by atoms with Gasteiger partial charge in [-0.15, -0.1) is 0 Å². The van der Waals surface area contributed by atoms with Crippen LogP contribution in [-0.2, 0) is 18.0 Å². The van der Waals surface area contributed by atoms with Crippen LogP contribution in [0.3, 0.4) is 0 Å². The Balaban J connectivity index is 1.81. The largest absolute Gasteiger partial charge is 0.484 e. The van der Waals surface area contributed by atoms with Crippen molar-refractivity contribution in [2.45, 2.75) is 13.2 Å². The van der Waals surface area contributed by atoms with E-state index in [-0.39, 0.29) is 53.8 Å². The highest BCUT2D eigenvalue weighted by molar-refractivity contribution is 6.08. The summed E-state index contributed by atoms with van der Waals surface area (Å²) in [6.07, 6.45) is 1.29. The van der Waals surface area contributed by atoms with Crippen molar-refractivity contribution in [2.75, 3.05) is 6.61 Å². The first-order valence-corrected chi connectivity index (χ1v) is 9.89. The number of aromatic carboxylic acids is 1. The normalized spacial score (nSPS) is 13.5. The summed E-state index contributed by atoms with van der Waals surface area (Å²) in [6.45, 7) is -0.211. The second kappa shape index (κ2) is 9.36. The number of carbonyl (C=O) groups is 2.